The minimum Gasteiger partial charge on any atom is -0.481 e. The molecule has 0 spiro atoms. The van der Waals surface area contributed by atoms with Crippen molar-refractivity contribution < 1.29 is 27.9 Å². The van der Waals surface area contributed by atoms with Gasteiger partial charge in [-0.2, -0.15) is 0 Å². The molecule has 1 atom stereocenters. The average Bonchev–Trinajstić information content (AvgIpc) is 2.84. The average molecular weight is 321 g/mol. The van der Waals surface area contributed by atoms with Crippen LogP contribution in [-0.2, 0) is 24.3 Å². The molecule has 0 aromatic rings. The second kappa shape index (κ2) is 6.74. The molecule has 7 nitrogen and oxygen atoms in total. The normalized spacial score (nSPS) is 23.4. The van der Waals surface area contributed by atoms with Gasteiger partial charge in [0.05, 0.1) is 24.2 Å². The minimum atomic E-state index is -3.64. The fraction of sp³-hybridized carbons (Fsp3) is 0.846. The Balaban J connectivity index is 2.74. The summed E-state index contributed by atoms with van der Waals surface area (Å²) in [5, 5.41) is 9.41. The Morgan fingerprint density at radius 3 is 2.43 bits per heavy atom. The molecule has 21 heavy (non-hydrogen) atoms. The Morgan fingerprint density at radius 2 is 2.00 bits per heavy atom. The molecule has 1 aliphatic heterocycles. The summed E-state index contributed by atoms with van der Waals surface area (Å²) in [6, 6.07) is 0. The predicted molar refractivity (Wildman–Crippen MR) is 76.1 cm³/mol. The Labute approximate surface area is 125 Å². The molecule has 0 saturated carbocycles. The highest BCUT2D eigenvalue weighted by Crippen LogP contribution is 2.39. The largest absolute Gasteiger partial charge is 0.481 e. The van der Waals surface area contributed by atoms with E-state index >= 15 is 0 Å². The van der Waals surface area contributed by atoms with Crippen molar-refractivity contribution in [3.05, 3.63) is 0 Å². The summed E-state index contributed by atoms with van der Waals surface area (Å²) in [6.07, 6.45) is 0.0764. The third-order valence-corrected chi connectivity index (χ3v) is 5.88. The Hall–Kier alpha value is -1.15. The summed E-state index contributed by atoms with van der Waals surface area (Å²) in [7, 11) is -3.64. The van der Waals surface area contributed by atoms with Crippen molar-refractivity contribution in [2.45, 2.75) is 33.6 Å². The Morgan fingerprint density at radius 1 is 1.38 bits per heavy atom. The molecule has 0 aliphatic carbocycles. The number of rotatable bonds is 7. The number of carbonyl (C=O) groups is 2. The van der Waals surface area contributed by atoms with Crippen molar-refractivity contribution in [1.82, 2.24) is 4.31 Å². The van der Waals surface area contributed by atoms with Crippen molar-refractivity contribution in [3.8, 4) is 0 Å². The number of hydrogen-bond donors (Lipinski definition) is 1. The number of nitrogens with zero attached hydrogens (tertiary/aromatic N) is 1. The number of sulfonamides is 1. The minimum absolute atomic E-state index is 0.0365. The summed E-state index contributed by atoms with van der Waals surface area (Å²) in [6.45, 7) is 5.56. The quantitative estimate of drug-likeness (QED) is 0.693. The SMILES string of the molecule is CCOC(=O)CCS(=O)(=O)N1CCC(C(=O)O)(C(C)C)C1. The predicted octanol–water partition coefficient (Wildman–Crippen LogP) is 0.702. The zero-order valence-corrected chi connectivity index (χ0v) is 13.5. The standard InChI is InChI=1S/C13H23NO6S/c1-4-20-11(15)5-8-21(18,19)14-7-6-13(9-14,10(2)3)12(16)17/h10H,4-9H2,1-3H3,(H,16,17). The molecule has 1 fully saturated rings. The molecule has 0 radical (unpaired) electrons. The van der Waals surface area contributed by atoms with E-state index in [0.717, 1.165) is 0 Å². The van der Waals surface area contributed by atoms with E-state index < -0.39 is 27.4 Å². The lowest BCUT2D eigenvalue weighted by Crippen LogP contribution is -2.41. The number of ether oxygens (including phenoxy) is 1. The van der Waals surface area contributed by atoms with Gasteiger partial charge < -0.3 is 9.84 Å². The second-order valence-corrected chi connectivity index (χ2v) is 7.66. The molecule has 0 amide bonds. The van der Waals surface area contributed by atoms with Gasteiger partial charge in [-0.05, 0) is 19.3 Å². The highest BCUT2D eigenvalue weighted by Gasteiger charge is 2.50. The van der Waals surface area contributed by atoms with Gasteiger partial charge in [-0.3, -0.25) is 9.59 Å². The first-order valence-corrected chi connectivity index (χ1v) is 8.63. The first kappa shape index (κ1) is 17.9. The van der Waals surface area contributed by atoms with Gasteiger partial charge in [0, 0.05) is 13.1 Å². The highest BCUT2D eigenvalue weighted by atomic mass is 32.2. The fourth-order valence-electron chi connectivity index (χ4n) is 2.50. The maximum Gasteiger partial charge on any atom is 0.311 e. The van der Waals surface area contributed by atoms with E-state index in [1.807, 2.05) is 0 Å². The number of esters is 1. The molecule has 122 valence electrons. The molecule has 1 aliphatic rings. The molecule has 1 unspecified atom stereocenters. The molecule has 1 saturated heterocycles. The van der Waals surface area contributed by atoms with E-state index in [1.54, 1.807) is 20.8 Å². The van der Waals surface area contributed by atoms with Crippen LogP contribution in [0, 0.1) is 11.3 Å². The van der Waals surface area contributed by atoms with Gasteiger partial charge >= 0.3 is 11.9 Å². The zero-order valence-electron chi connectivity index (χ0n) is 12.7. The van der Waals surface area contributed by atoms with E-state index in [1.165, 1.54) is 4.31 Å². The molecule has 8 heteroatoms. The molecule has 1 N–H and O–H groups in total. The summed E-state index contributed by atoms with van der Waals surface area (Å²) < 4.78 is 30.3. The van der Waals surface area contributed by atoms with E-state index in [4.69, 9.17) is 4.74 Å². The third-order valence-electron chi connectivity index (χ3n) is 4.06. The highest BCUT2D eigenvalue weighted by molar-refractivity contribution is 7.89. The molecule has 0 bridgehead atoms. The van der Waals surface area contributed by atoms with Crippen molar-refractivity contribution >= 4 is 22.0 Å². The molecular weight excluding hydrogens is 298 g/mol. The van der Waals surface area contributed by atoms with Gasteiger partial charge in [0.15, 0.2) is 0 Å². The number of carboxylic acid groups (broad SMARTS) is 1. The lowest BCUT2D eigenvalue weighted by molar-refractivity contribution is -0.150. The monoisotopic (exact) mass is 321 g/mol. The van der Waals surface area contributed by atoms with Gasteiger partial charge in [-0.15, -0.1) is 0 Å². The summed E-state index contributed by atoms with van der Waals surface area (Å²) in [5.74, 6) is -2.05. The smallest absolute Gasteiger partial charge is 0.311 e. The lowest BCUT2D eigenvalue weighted by atomic mass is 9.77. The van der Waals surface area contributed by atoms with Crippen LogP contribution in [0.2, 0.25) is 0 Å². The topological polar surface area (TPSA) is 101 Å². The summed E-state index contributed by atoms with van der Waals surface area (Å²) in [4.78, 5) is 22.7. The van der Waals surface area contributed by atoms with E-state index in [2.05, 4.69) is 0 Å². The van der Waals surface area contributed by atoms with Gasteiger partial charge in [0.2, 0.25) is 10.0 Å². The Kier molecular flexibility index (Phi) is 5.75. The second-order valence-electron chi connectivity index (χ2n) is 5.57. The molecular formula is C13H23NO6S. The van der Waals surface area contributed by atoms with Gasteiger partial charge in [-0.1, -0.05) is 13.8 Å². The van der Waals surface area contributed by atoms with Gasteiger partial charge in [0.25, 0.3) is 0 Å². The first-order chi connectivity index (χ1) is 9.65. The van der Waals surface area contributed by atoms with Crippen molar-refractivity contribution in [3.63, 3.8) is 0 Å². The number of carboxylic acids is 1. The molecule has 1 rings (SSSR count). The van der Waals surface area contributed by atoms with E-state index in [-0.39, 0.29) is 37.8 Å². The van der Waals surface area contributed by atoms with Crippen molar-refractivity contribution in [2.24, 2.45) is 11.3 Å². The number of carbonyl (C=O) groups excluding carboxylic acids is 1. The number of aliphatic carboxylic acids is 1. The van der Waals surface area contributed by atoms with Crippen LogP contribution < -0.4 is 0 Å². The van der Waals surface area contributed by atoms with Crippen LogP contribution in [0.15, 0.2) is 0 Å². The van der Waals surface area contributed by atoms with E-state index in [0.29, 0.717) is 6.42 Å². The maximum absolute atomic E-state index is 12.2. The summed E-state index contributed by atoms with van der Waals surface area (Å²) in [5.41, 5.74) is -1.04. The lowest BCUT2D eigenvalue weighted by Gasteiger charge is -2.28. The van der Waals surface area contributed by atoms with Crippen LogP contribution in [0.3, 0.4) is 0 Å². The van der Waals surface area contributed by atoms with Crippen LogP contribution in [0.5, 0.6) is 0 Å². The summed E-state index contributed by atoms with van der Waals surface area (Å²) >= 11 is 0. The van der Waals surface area contributed by atoms with E-state index in [9.17, 15) is 23.1 Å². The maximum atomic E-state index is 12.2. The van der Waals surface area contributed by atoms with Crippen LogP contribution in [0.25, 0.3) is 0 Å². The van der Waals surface area contributed by atoms with Crippen LogP contribution in [0.4, 0.5) is 0 Å². The first-order valence-electron chi connectivity index (χ1n) is 7.02. The molecule has 0 aromatic carbocycles. The van der Waals surface area contributed by atoms with Crippen molar-refractivity contribution in [2.75, 3.05) is 25.4 Å². The van der Waals surface area contributed by atoms with Gasteiger partial charge in [-0.25, -0.2) is 12.7 Å². The zero-order chi connectivity index (χ0) is 16.3. The number of hydrogen-bond acceptors (Lipinski definition) is 5. The van der Waals surface area contributed by atoms with Crippen LogP contribution >= 0.6 is 0 Å². The Bertz CT molecular complexity index is 501. The molecule has 1 heterocycles. The van der Waals surface area contributed by atoms with Crippen LogP contribution in [0.1, 0.15) is 33.6 Å². The fourth-order valence-corrected chi connectivity index (χ4v) is 3.98. The van der Waals surface area contributed by atoms with Crippen molar-refractivity contribution in [1.29, 1.82) is 0 Å². The third kappa shape index (κ3) is 3.94. The van der Waals surface area contributed by atoms with Gasteiger partial charge in [0.1, 0.15) is 0 Å². The molecule has 0 aromatic heterocycles. The van der Waals surface area contributed by atoms with Crippen LogP contribution in [-0.4, -0.2) is 55.2 Å².